The largest absolute Gasteiger partial charge is 0.453 e. The average molecular weight is 407 g/mol. The van der Waals surface area contributed by atoms with Gasteiger partial charge < -0.3 is 14.6 Å². The molecule has 1 atom stereocenters. The fraction of sp³-hybridized carbons (Fsp3) is 0.222. The number of halogens is 2. The van der Waals surface area contributed by atoms with E-state index in [1.165, 1.54) is 24.3 Å². The van der Waals surface area contributed by atoms with E-state index in [1.54, 1.807) is 0 Å². The van der Waals surface area contributed by atoms with Crippen molar-refractivity contribution in [1.29, 1.82) is 0 Å². The van der Waals surface area contributed by atoms with Gasteiger partial charge in [0.2, 0.25) is 11.7 Å². The Labute approximate surface area is 162 Å². The van der Waals surface area contributed by atoms with Crippen LogP contribution in [0.4, 0.5) is 14.5 Å². The number of carbonyl (C=O) groups excluding carboxylic acids is 2. The number of aromatic nitrogens is 2. The van der Waals surface area contributed by atoms with E-state index in [9.17, 15) is 18.4 Å². The van der Waals surface area contributed by atoms with Gasteiger partial charge in [0.1, 0.15) is 0 Å². The van der Waals surface area contributed by atoms with Gasteiger partial charge in [-0.2, -0.15) is 16.3 Å². The van der Waals surface area contributed by atoms with Gasteiger partial charge in [-0.15, -0.1) is 0 Å². The first kappa shape index (κ1) is 19.6. The summed E-state index contributed by atoms with van der Waals surface area (Å²) in [7, 11) is 0. The number of thiophene rings is 1. The molecule has 1 N–H and O–H groups in total. The Hall–Kier alpha value is -3.14. The zero-order valence-electron chi connectivity index (χ0n) is 14.6. The predicted octanol–water partition coefficient (Wildman–Crippen LogP) is 3.58. The standard InChI is InChI=1S/C18H15F2N3O4S/c1-10(18(25)21-12-2-3-13(19)14(20)8-12)26-16(24)5-4-15-22-17(23-27-15)11-6-7-28-9-11/h2-3,6-10H,4-5H2,1H3,(H,21,25)/t10-/m0/s1. The summed E-state index contributed by atoms with van der Waals surface area (Å²) in [4.78, 5) is 28.1. The molecule has 0 unspecified atom stereocenters. The number of benzene rings is 1. The normalized spacial score (nSPS) is 11.8. The molecule has 0 aliphatic rings. The molecular weight excluding hydrogens is 392 g/mol. The van der Waals surface area contributed by atoms with Crippen LogP contribution in [0.2, 0.25) is 0 Å². The summed E-state index contributed by atoms with van der Waals surface area (Å²) >= 11 is 1.50. The van der Waals surface area contributed by atoms with Crippen LogP contribution in [0.3, 0.4) is 0 Å². The lowest BCUT2D eigenvalue weighted by Gasteiger charge is -2.13. The van der Waals surface area contributed by atoms with Gasteiger partial charge in [0.25, 0.3) is 5.91 Å². The molecule has 28 heavy (non-hydrogen) atoms. The first-order chi connectivity index (χ1) is 13.4. The summed E-state index contributed by atoms with van der Waals surface area (Å²) in [6.07, 6.45) is -1.02. The van der Waals surface area contributed by atoms with Gasteiger partial charge in [0.05, 0.1) is 6.42 Å². The van der Waals surface area contributed by atoms with E-state index >= 15 is 0 Å². The molecule has 146 valence electrons. The molecule has 3 rings (SSSR count). The molecule has 10 heteroatoms. The first-order valence-corrected chi connectivity index (χ1v) is 9.17. The van der Waals surface area contributed by atoms with Crippen LogP contribution in [0.15, 0.2) is 39.5 Å². The van der Waals surface area contributed by atoms with Crippen LogP contribution in [0.5, 0.6) is 0 Å². The van der Waals surface area contributed by atoms with Gasteiger partial charge in [0.15, 0.2) is 17.7 Å². The molecule has 0 aliphatic heterocycles. The number of rotatable bonds is 7. The van der Waals surface area contributed by atoms with E-state index in [0.29, 0.717) is 5.82 Å². The average Bonchev–Trinajstić information content (AvgIpc) is 3.34. The van der Waals surface area contributed by atoms with Crippen molar-refractivity contribution in [2.24, 2.45) is 0 Å². The second kappa shape index (κ2) is 8.70. The van der Waals surface area contributed by atoms with Crippen molar-refractivity contribution in [3.63, 3.8) is 0 Å². The van der Waals surface area contributed by atoms with E-state index in [-0.39, 0.29) is 24.4 Å². The Balaban J connectivity index is 1.47. The van der Waals surface area contributed by atoms with Crippen LogP contribution in [-0.4, -0.2) is 28.1 Å². The maximum absolute atomic E-state index is 13.2. The summed E-state index contributed by atoms with van der Waals surface area (Å²) in [6.45, 7) is 1.37. The maximum Gasteiger partial charge on any atom is 0.307 e. The second-order valence-electron chi connectivity index (χ2n) is 5.77. The van der Waals surface area contributed by atoms with E-state index in [2.05, 4.69) is 15.5 Å². The van der Waals surface area contributed by atoms with E-state index < -0.39 is 29.6 Å². The lowest BCUT2D eigenvalue weighted by molar-refractivity contribution is -0.153. The van der Waals surface area contributed by atoms with Gasteiger partial charge in [-0.25, -0.2) is 8.78 Å². The fourth-order valence-corrected chi connectivity index (χ4v) is 2.84. The minimum atomic E-state index is -1.12. The van der Waals surface area contributed by atoms with Gasteiger partial charge in [-0.05, 0) is 30.5 Å². The third-order valence-corrected chi connectivity index (χ3v) is 4.34. The molecule has 2 aromatic heterocycles. The van der Waals surface area contributed by atoms with Crippen molar-refractivity contribution < 1.29 is 27.6 Å². The number of hydrogen-bond donors (Lipinski definition) is 1. The summed E-state index contributed by atoms with van der Waals surface area (Å²) in [6, 6.07) is 4.77. The molecule has 3 aromatic rings. The van der Waals surface area contributed by atoms with E-state index in [4.69, 9.17) is 9.26 Å². The zero-order valence-corrected chi connectivity index (χ0v) is 15.5. The molecule has 0 radical (unpaired) electrons. The highest BCUT2D eigenvalue weighted by Gasteiger charge is 2.19. The lowest BCUT2D eigenvalue weighted by Crippen LogP contribution is -2.30. The van der Waals surface area contributed by atoms with Crippen molar-refractivity contribution in [2.45, 2.75) is 25.9 Å². The number of aryl methyl sites for hydroxylation is 1. The number of carbonyl (C=O) groups is 2. The second-order valence-corrected chi connectivity index (χ2v) is 6.55. The Bertz CT molecular complexity index is 975. The molecule has 0 fully saturated rings. The molecule has 7 nitrogen and oxygen atoms in total. The number of esters is 1. The number of anilines is 1. The third kappa shape index (κ3) is 4.97. The maximum atomic E-state index is 13.2. The summed E-state index contributed by atoms with van der Waals surface area (Å²) in [5.74, 6) is -2.72. The lowest BCUT2D eigenvalue weighted by atomic mass is 10.2. The number of nitrogens with one attached hydrogen (secondary N) is 1. The molecule has 0 bridgehead atoms. The highest BCUT2D eigenvalue weighted by molar-refractivity contribution is 7.08. The minimum absolute atomic E-state index is 0.0543. The monoisotopic (exact) mass is 407 g/mol. The quantitative estimate of drug-likeness (QED) is 0.602. The van der Waals surface area contributed by atoms with Crippen molar-refractivity contribution in [2.75, 3.05) is 5.32 Å². The van der Waals surface area contributed by atoms with E-state index in [1.807, 2.05) is 16.8 Å². The Kier molecular flexibility index (Phi) is 6.09. The van der Waals surface area contributed by atoms with Gasteiger partial charge in [-0.1, -0.05) is 5.16 Å². The van der Waals surface area contributed by atoms with Crippen molar-refractivity contribution in [1.82, 2.24) is 10.1 Å². The third-order valence-electron chi connectivity index (χ3n) is 3.66. The summed E-state index contributed by atoms with van der Waals surface area (Å²) < 4.78 is 36.2. The van der Waals surface area contributed by atoms with Crippen molar-refractivity contribution in [3.8, 4) is 11.4 Å². The van der Waals surface area contributed by atoms with Crippen LogP contribution < -0.4 is 5.32 Å². The smallest absolute Gasteiger partial charge is 0.307 e. The minimum Gasteiger partial charge on any atom is -0.453 e. The zero-order chi connectivity index (χ0) is 20.1. The van der Waals surface area contributed by atoms with Crippen molar-refractivity contribution in [3.05, 3.63) is 52.6 Å². The molecule has 2 heterocycles. The fourth-order valence-electron chi connectivity index (χ4n) is 2.20. The Morgan fingerprint density at radius 3 is 2.82 bits per heavy atom. The number of nitrogens with zero attached hydrogens (tertiary/aromatic N) is 2. The molecule has 0 spiro atoms. The van der Waals surface area contributed by atoms with Crippen LogP contribution >= 0.6 is 11.3 Å². The molecule has 0 saturated carbocycles. The van der Waals surface area contributed by atoms with E-state index in [0.717, 1.165) is 17.7 Å². The topological polar surface area (TPSA) is 94.3 Å². The predicted molar refractivity (Wildman–Crippen MR) is 96.5 cm³/mol. The van der Waals surface area contributed by atoms with Gasteiger partial charge in [0, 0.05) is 29.1 Å². The highest BCUT2D eigenvalue weighted by Crippen LogP contribution is 2.19. The molecular formula is C18H15F2N3O4S. The molecule has 0 saturated heterocycles. The molecule has 0 aliphatic carbocycles. The van der Waals surface area contributed by atoms with Gasteiger partial charge >= 0.3 is 5.97 Å². The van der Waals surface area contributed by atoms with Crippen LogP contribution in [0.25, 0.3) is 11.4 Å². The number of hydrogen-bond acceptors (Lipinski definition) is 7. The Morgan fingerprint density at radius 2 is 2.11 bits per heavy atom. The highest BCUT2D eigenvalue weighted by atomic mass is 32.1. The Morgan fingerprint density at radius 1 is 1.29 bits per heavy atom. The molecule has 1 aromatic carbocycles. The van der Waals surface area contributed by atoms with Crippen LogP contribution in [0, 0.1) is 11.6 Å². The number of amides is 1. The van der Waals surface area contributed by atoms with Crippen molar-refractivity contribution >= 4 is 28.9 Å². The molecule has 1 amide bonds. The van der Waals surface area contributed by atoms with Crippen LogP contribution in [0.1, 0.15) is 19.2 Å². The first-order valence-electron chi connectivity index (χ1n) is 8.23. The summed E-state index contributed by atoms with van der Waals surface area (Å²) in [5, 5.41) is 9.93. The number of ether oxygens (including phenoxy) is 1. The van der Waals surface area contributed by atoms with Gasteiger partial charge in [-0.3, -0.25) is 9.59 Å². The summed E-state index contributed by atoms with van der Waals surface area (Å²) in [5.41, 5.74) is 0.878. The van der Waals surface area contributed by atoms with Crippen LogP contribution in [-0.2, 0) is 20.7 Å². The SMILES string of the molecule is C[C@H](OC(=O)CCc1nc(-c2ccsc2)no1)C(=O)Nc1ccc(F)c(F)c1.